The molecule has 0 atom stereocenters. The summed E-state index contributed by atoms with van der Waals surface area (Å²) in [5, 5.41) is 18.1. The van der Waals surface area contributed by atoms with Gasteiger partial charge in [-0.05, 0) is 11.8 Å². The minimum atomic E-state index is -0.611. The predicted octanol–water partition coefficient (Wildman–Crippen LogP) is 0.0244. The summed E-state index contributed by atoms with van der Waals surface area (Å²) in [7, 11) is 6.53. The summed E-state index contributed by atoms with van der Waals surface area (Å²) in [5.41, 5.74) is -1.18. The van der Waals surface area contributed by atoms with Gasteiger partial charge in [-0.2, -0.15) is 5.26 Å². The van der Waals surface area contributed by atoms with Crippen LogP contribution in [0.3, 0.4) is 0 Å². The second kappa shape index (κ2) is 5.71. The van der Waals surface area contributed by atoms with Crippen LogP contribution in [0, 0.1) is 11.3 Å². The van der Waals surface area contributed by atoms with Gasteiger partial charge in [-0.3, -0.25) is 13.9 Å². The zero-order chi connectivity index (χ0) is 15.7. The Balaban J connectivity index is 2.56. The molecule has 10 heteroatoms. The van der Waals surface area contributed by atoms with Crippen molar-refractivity contribution in [2.24, 2.45) is 14.1 Å². The predicted molar refractivity (Wildman–Crippen MR) is 80.0 cm³/mol. The number of aromatic nitrogens is 4. The lowest BCUT2D eigenvalue weighted by Crippen LogP contribution is -2.39. The Morgan fingerprint density at radius 2 is 1.90 bits per heavy atom. The normalized spacial score (nSPS) is 10.4. The summed E-state index contributed by atoms with van der Waals surface area (Å²) >= 11 is 2.40. The van der Waals surface area contributed by atoms with Crippen LogP contribution in [0.15, 0.2) is 19.0 Å². The third kappa shape index (κ3) is 2.70. The first kappa shape index (κ1) is 15.3. The van der Waals surface area contributed by atoms with Gasteiger partial charge in [0.05, 0.1) is 0 Å². The quantitative estimate of drug-likeness (QED) is 0.734. The van der Waals surface area contributed by atoms with Gasteiger partial charge in [0.2, 0.25) is 5.13 Å². The van der Waals surface area contributed by atoms with Crippen molar-refractivity contribution in [3.05, 3.63) is 26.4 Å². The van der Waals surface area contributed by atoms with Crippen molar-refractivity contribution in [3.63, 3.8) is 0 Å². The fourth-order valence-electron chi connectivity index (χ4n) is 1.55. The number of hydrogen-bond donors (Lipinski definition) is 0. The number of nitrogens with zero attached hydrogens (tertiary/aromatic N) is 6. The first-order valence-electron chi connectivity index (χ1n) is 5.75. The van der Waals surface area contributed by atoms with E-state index in [0.29, 0.717) is 9.47 Å². The van der Waals surface area contributed by atoms with Crippen LogP contribution in [0.25, 0.3) is 0 Å². The summed E-state index contributed by atoms with van der Waals surface area (Å²) in [5.74, 6) is 0. The van der Waals surface area contributed by atoms with E-state index < -0.39 is 11.2 Å². The van der Waals surface area contributed by atoms with E-state index >= 15 is 0 Å². The van der Waals surface area contributed by atoms with Crippen LogP contribution in [0.5, 0.6) is 0 Å². The van der Waals surface area contributed by atoms with Crippen LogP contribution < -0.4 is 16.1 Å². The molecule has 2 aromatic heterocycles. The van der Waals surface area contributed by atoms with Gasteiger partial charge in [-0.25, -0.2) is 4.79 Å². The van der Waals surface area contributed by atoms with Gasteiger partial charge in [0.15, 0.2) is 4.34 Å². The molecule has 0 fully saturated rings. The smallest absolute Gasteiger partial charge is 0.331 e. The number of nitriles is 1. The van der Waals surface area contributed by atoms with Gasteiger partial charge in [0.25, 0.3) is 5.56 Å². The molecule has 2 rings (SSSR count). The standard InChI is InChI=1S/C11H12N6O2S2/c1-15(2)9-13-14-10(21-9)20-8-6(5-12)7(18)16(3)11(19)17(8)4/h1-4H3. The average molecular weight is 324 g/mol. The van der Waals surface area contributed by atoms with Crippen molar-refractivity contribution >= 4 is 28.2 Å². The van der Waals surface area contributed by atoms with E-state index in [-0.39, 0.29) is 10.6 Å². The molecular weight excluding hydrogens is 312 g/mol. The number of anilines is 1. The van der Waals surface area contributed by atoms with Gasteiger partial charge in [0.1, 0.15) is 16.7 Å². The molecule has 0 radical (unpaired) electrons. The Morgan fingerprint density at radius 1 is 1.24 bits per heavy atom. The van der Waals surface area contributed by atoms with Crippen molar-refractivity contribution in [2.45, 2.75) is 9.37 Å². The molecule has 0 unspecified atom stereocenters. The van der Waals surface area contributed by atoms with Crippen molar-refractivity contribution in [1.82, 2.24) is 19.3 Å². The third-order valence-electron chi connectivity index (χ3n) is 2.69. The molecule has 0 spiro atoms. The fourth-order valence-corrected chi connectivity index (χ4v) is 3.37. The molecule has 0 saturated heterocycles. The second-order valence-electron chi connectivity index (χ2n) is 4.34. The summed E-state index contributed by atoms with van der Waals surface area (Å²) in [4.78, 5) is 25.7. The van der Waals surface area contributed by atoms with Crippen molar-refractivity contribution in [3.8, 4) is 6.07 Å². The Labute approximate surface area is 128 Å². The minimum Gasteiger partial charge on any atom is -0.353 e. The monoisotopic (exact) mass is 324 g/mol. The lowest BCUT2D eigenvalue weighted by Gasteiger charge is -2.09. The summed E-state index contributed by atoms with van der Waals surface area (Å²) in [6.45, 7) is 0. The van der Waals surface area contributed by atoms with E-state index in [1.165, 1.54) is 30.0 Å². The molecule has 0 saturated carbocycles. The molecule has 2 heterocycles. The summed E-state index contributed by atoms with van der Waals surface area (Å²) in [6, 6.07) is 1.85. The molecule has 0 amide bonds. The molecule has 0 aliphatic rings. The van der Waals surface area contributed by atoms with E-state index in [1.807, 2.05) is 20.2 Å². The largest absolute Gasteiger partial charge is 0.353 e. The zero-order valence-electron chi connectivity index (χ0n) is 11.8. The van der Waals surface area contributed by atoms with E-state index in [9.17, 15) is 14.9 Å². The van der Waals surface area contributed by atoms with E-state index in [0.717, 1.165) is 16.3 Å². The van der Waals surface area contributed by atoms with Crippen LogP contribution in [0.1, 0.15) is 5.56 Å². The highest BCUT2D eigenvalue weighted by atomic mass is 32.2. The van der Waals surface area contributed by atoms with Crippen molar-refractivity contribution < 1.29 is 0 Å². The van der Waals surface area contributed by atoms with Crippen LogP contribution in [-0.2, 0) is 14.1 Å². The topological polar surface area (TPSA) is 96.8 Å². The Morgan fingerprint density at radius 3 is 2.43 bits per heavy atom. The zero-order valence-corrected chi connectivity index (χ0v) is 13.4. The molecule has 0 aliphatic carbocycles. The lowest BCUT2D eigenvalue weighted by molar-refractivity contribution is 0.631. The van der Waals surface area contributed by atoms with Crippen molar-refractivity contribution in [1.29, 1.82) is 5.26 Å². The third-order valence-corrected chi connectivity index (χ3v) is 5.00. The molecule has 110 valence electrons. The minimum absolute atomic E-state index is 0.0776. The maximum atomic E-state index is 12.0. The number of rotatable bonds is 3. The van der Waals surface area contributed by atoms with Gasteiger partial charge in [0, 0.05) is 28.2 Å². The van der Waals surface area contributed by atoms with E-state index in [4.69, 9.17) is 0 Å². The Kier molecular flexibility index (Phi) is 4.15. The average Bonchev–Trinajstić information content (AvgIpc) is 2.92. The van der Waals surface area contributed by atoms with Gasteiger partial charge < -0.3 is 4.90 Å². The van der Waals surface area contributed by atoms with Gasteiger partial charge in [-0.15, -0.1) is 10.2 Å². The van der Waals surface area contributed by atoms with Gasteiger partial charge in [-0.1, -0.05) is 11.3 Å². The molecule has 0 bridgehead atoms. The van der Waals surface area contributed by atoms with Crippen LogP contribution in [0.4, 0.5) is 5.13 Å². The Bertz CT molecular complexity index is 842. The molecule has 21 heavy (non-hydrogen) atoms. The van der Waals surface area contributed by atoms with Crippen LogP contribution >= 0.6 is 23.1 Å². The SMILES string of the molecule is CN(C)c1nnc(Sc2c(C#N)c(=O)n(C)c(=O)n2C)s1. The molecule has 0 aliphatic heterocycles. The van der Waals surface area contributed by atoms with Crippen LogP contribution in [-0.4, -0.2) is 33.4 Å². The molecule has 2 aromatic rings. The summed E-state index contributed by atoms with van der Waals surface area (Å²) < 4.78 is 2.73. The first-order chi connectivity index (χ1) is 9.86. The van der Waals surface area contributed by atoms with E-state index in [2.05, 4.69) is 10.2 Å². The molecule has 0 aromatic carbocycles. The lowest BCUT2D eigenvalue weighted by atomic mass is 10.3. The molecule has 8 nitrogen and oxygen atoms in total. The van der Waals surface area contributed by atoms with Gasteiger partial charge >= 0.3 is 5.69 Å². The maximum absolute atomic E-state index is 12.0. The fraction of sp³-hybridized carbons (Fsp3) is 0.364. The summed E-state index contributed by atoms with van der Waals surface area (Å²) in [6.07, 6.45) is 0. The van der Waals surface area contributed by atoms with E-state index in [1.54, 1.807) is 4.90 Å². The maximum Gasteiger partial charge on any atom is 0.331 e. The molecular formula is C11H12N6O2S2. The molecule has 0 N–H and O–H groups in total. The Hall–Kier alpha value is -2.12. The highest BCUT2D eigenvalue weighted by molar-refractivity contribution is 8.01. The highest BCUT2D eigenvalue weighted by Crippen LogP contribution is 2.32. The highest BCUT2D eigenvalue weighted by Gasteiger charge is 2.18. The van der Waals surface area contributed by atoms with Crippen molar-refractivity contribution in [2.75, 3.05) is 19.0 Å². The first-order valence-corrected chi connectivity index (χ1v) is 7.39. The second-order valence-corrected chi connectivity index (χ2v) is 6.54. The number of hydrogen-bond acceptors (Lipinski definition) is 8. The van der Waals surface area contributed by atoms with Crippen LogP contribution in [0.2, 0.25) is 0 Å².